The van der Waals surface area contributed by atoms with Crippen LogP contribution < -0.4 is 24.4 Å². The summed E-state index contributed by atoms with van der Waals surface area (Å²) < 4.78 is 22.7. The summed E-state index contributed by atoms with van der Waals surface area (Å²) in [6, 6.07) is 8.61. The van der Waals surface area contributed by atoms with Crippen LogP contribution in [0.4, 0.5) is 0 Å². The highest BCUT2D eigenvalue weighted by molar-refractivity contribution is 9.10. The topological polar surface area (TPSA) is 78.4 Å². The molecule has 0 aliphatic rings. The van der Waals surface area contributed by atoms with Crippen LogP contribution in [-0.4, -0.2) is 39.1 Å². The second kappa shape index (κ2) is 11.3. The van der Waals surface area contributed by atoms with Crippen molar-refractivity contribution in [1.29, 1.82) is 0 Å². The molecular formula is C21H25BrN2O5. The van der Waals surface area contributed by atoms with Crippen LogP contribution in [0.25, 0.3) is 0 Å². The Kier molecular flexibility index (Phi) is 8.79. The van der Waals surface area contributed by atoms with Crippen molar-refractivity contribution in [3.63, 3.8) is 0 Å². The van der Waals surface area contributed by atoms with E-state index in [9.17, 15) is 4.79 Å². The second-order valence-electron chi connectivity index (χ2n) is 5.69. The Morgan fingerprint density at radius 1 is 1.00 bits per heavy atom. The highest BCUT2D eigenvalue weighted by Gasteiger charge is 2.12. The van der Waals surface area contributed by atoms with Gasteiger partial charge >= 0.3 is 0 Å². The summed E-state index contributed by atoms with van der Waals surface area (Å²) >= 11 is 3.45. The number of carbonyl (C=O) groups excluding carboxylic acids is 1. The van der Waals surface area contributed by atoms with Crippen molar-refractivity contribution in [2.75, 3.05) is 26.9 Å². The molecule has 7 nitrogen and oxygen atoms in total. The fourth-order valence-electron chi connectivity index (χ4n) is 2.55. The zero-order chi connectivity index (χ0) is 21.2. The third-order valence-electron chi connectivity index (χ3n) is 3.72. The van der Waals surface area contributed by atoms with Gasteiger partial charge in [0.15, 0.2) is 23.0 Å². The van der Waals surface area contributed by atoms with Crippen molar-refractivity contribution in [2.24, 2.45) is 5.10 Å². The number of hydrogen-bond donors (Lipinski definition) is 1. The van der Waals surface area contributed by atoms with Gasteiger partial charge in [-0.05, 0) is 72.6 Å². The number of rotatable bonds is 10. The minimum atomic E-state index is -0.358. The Bertz CT molecular complexity index is 870. The second-order valence-corrected chi connectivity index (χ2v) is 6.55. The first-order chi connectivity index (χ1) is 14.0. The summed E-state index contributed by atoms with van der Waals surface area (Å²) in [5, 5.41) is 4.04. The maximum Gasteiger partial charge on any atom is 0.271 e. The van der Waals surface area contributed by atoms with Crippen LogP contribution in [0, 0.1) is 0 Å². The van der Waals surface area contributed by atoms with Gasteiger partial charge in [-0.3, -0.25) is 4.79 Å². The summed E-state index contributed by atoms with van der Waals surface area (Å²) in [5.74, 6) is 1.95. The number of hydrogen-bond acceptors (Lipinski definition) is 6. The van der Waals surface area contributed by atoms with E-state index in [1.54, 1.807) is 31.4 Å². The fraction of sp³-hybridized carbons (Fsp3) is 0.333. The summed E-state index contributed by atoms with van der Waals surface area (Å²) in [4.78, 5) is 12.4. The van der Waals surface area contributed by atoms with Crippen LogP contribution in [0.5, 0.6) is 23.0 Å². The van der Waals surface area contributed by atoms with Crippen molar-refractivity contribution in [3.8, 4) is 23.0 Å². The SMILES string of the molecule is CCOc1ccc(C(=O)N/N=C/c2cc(Br)c(OC)c(OCC)c2)cc1OCC. The first kappa shape index (κ1) is 22.5. The average molecular weight is 465 g/mol. The van der Waals surface area contributed by atoms with Crippen molar-refractivity contribution in [3.05, 3.63) is 45.9 Å². The van der Waals surface area contributed by atoms with Gasteiger partial charge < -0.3 is 18.9 Å². The molecule has 0 unspecified atom stereocenters. The lowest BCUT2D eigenvalue weighted by Gasteiger charge is -2.12. The van der Waals surface area contributed by atoms with Crippen molar-refractivity contribution < 1.29 is 23.7 Å². The largest absolute Gasteiger partial charge is 0.492 e. The van der Waals surface area contributed by atoms with Gasteiger partial charge in [0.05, 0.1) is 37.6 Å². The lowest BCUT2D eigenvalue weighted by Crippen LogP contribution is -2.17. The number of amides is 1. The van der Waals surface area contributed by atoms with Crippen molar-refractivity contribution >= 4 is 28.1 Å². The van der Waals surface area contributed by atoms with E-state index in [2.05, 4.69) is 26.5 Å². The standard InChI is InChI=1S/C21H25BrN2O5/c1-5-27-17-9-8-15(12-18(17)28-6-2)21(25)24-23-13-14-10-16(22)20(26-4)19(11-14)29-7-3/h8-13H,5-7H2,1-4H3,(H,24,25)/b23-13+. The Morgan fingerprint density at radius 2 is 1.66 bits per heavy atom. The molecule has 0 fully saturated rings. The Labute approximate surface area is 179 Å². The molecule has 2 rings (SSSR count). The van der Waals surface area contributed by atoms with E-state index in [4.69, 9.17) is 18.9 Å². The molecule has 2 aromatic rings. The van der Waals surface area contributed by atoms with Gasteiger partial charge in [0.1, 0.15) is 0 Å². The van der Waals surface area contributed by atoms with Gasteiger partial charge in [-0.25, -0.2) is 5.43 Å². The lowest BCUT2D eigenvalue weighted by atomic mass is 10.2. The summed E-state index contributed by atoms with van der Waals surface area (Å²) in [7, 11) is 1.57. The molecule has 0 heterocycles. The normalized spacial score (nSPS) is 10.7. The van der Waals surface area contributed by atoms with Crippen LogP contribution in [-0.2, 0) is 0 Å². The van der Waals surface area contributed by atoms with E-state index < -0.39 is 0 Å². The van der Waals surface area contributed by atoms with Crippen LogP contribution in [0.15, 0.2) is 39.9 Å². The van der Waals surface area contributed by atoms with Gasteiger partial charge in [-0.2, -0.15) is 5.10 Å². The number of nitrogens with zero attached hydrogens (tertiary/aromatic N) is 1. The molecule has 29 heavy (non-hydrogen) atoms. The number of methoxy groups -OCH3 is 1. The van der Waals surface area contributed by atoms with E-state index in [0.717, 1.165) is 10.0 Å². The summed E-state index contributed by atoms with van der Waals surface area (Å²) in [5.41, 5.74) is 3.67. The molecule has 0 bridgehead atoms. The van der Waals surface area contributed by atoms with E-state index in [1.165, 1.54) is 6.21 Å². The van der Waals surface area contributed by atoms with E-state index in [0.29, 0.717) is 48.4 Å². The van der Waals surface area contributed by atoms with Crippen molar-refractivity contribution in [1.82, 2.24) is 5.43 Å². The highest BCUT2D eigenvalue weighted by atomic mass is 79.9. The highest BCUT2D eigenvalue weighted by Crippen LogP contribution is 2.36. The van der Waals surface area contributed by atoms with Gasteiger partial charge in [0.25, 0.3) is 5.91 Å². The van der Waals surface area contributed by atoms with Gasteiger partial charge in [0.2, 0.25) is 0 Å². The summed E-state index contributed by atoms with van der Waals surface area (Å²) in [6.07, 6.45) is 1.53. The van der Waals surface area contributed by atoms with E-state index in [1.807, 2.05) is 26.8 Å². The molecule has 1 N–H and O–H groups in total. The molecule has 2 aromatic carbocycles. The predicted octanol–water partition coefficient (Wildman–Crippen LogP) is 4.42. The quantitative estimate of drug-likeness (QED) is 0.415. The van der Waals surface area contributed by atoms with Gasteiger partial charge in [0, 0.05) is 5.56 Å². The zero-order valence-corrected chi connectivity index (χ0v) is 18.5. The predicted molar refractivity (Wildman–Crippen MR) is 116 cm³/mol. The Hall–Kier alpha value is -2.74. The number of halogens is 1. The molecule has 0 radical (unpaired) electrons. The van der Waals surface area contributed by atoms with Crippen LogP contribution >= 0.6 is 15.9 Å². The Morgan fingerprint density at radius 3 is 2.31 bits per heavy atom. The maximum atomic E-state index is 12.4. The van der Waals surface area contributed by atoms with Crippen molar-refractivity contribution in [2.45, 2.75) is 20.8 Å². The van der Waals surface area contributed by atoms with Gasteiger partial charge in [-0.15, -0.1) is 0 Å². The molecule has 0 aliphatic carbocycles. The van der Waals surface area contributed by atoms with Crippen LogP contribution in [0.2, 0.25) is 0 Å². The molecule has 0 saturated heterocycles. The number of ether oxygens (including phenoxy) is 4. The molecular weight excluding hydrogens is 440 g/mol. The number of benzene rings is 2. The smallest absolute Gasteiger partial charge is 0.271 e. The minimum Gasteiger partial charge on any atom is -0.492 e. The Balaban J connectivity index is 2.14. The molecule has 0 aromatic heterocycles. The van der Waals surface area contributed by atoms with Crippen LogP contribution in [0.1, 0.15) is 36.7 Å². The molecule has 1 amide bonds. The fourth-order valence-corrected chi connectivity index (χ4v) is 3.17. The van der Waals surface area contributed by atoms with Crippen LogP contribution in [0.3, 0.4) is 0 Å². The van der Waals surface area contributed by atoms with E-state index >= 15 is 0 Å². The first-order valence-corrected chi connectivity index (χ1v) is 10.1. The third-order valence-corrected chi connectivity index (χ3v) is 4.31. The molecule has 0 spiro atoms. The maximum absolute atomic E-state index is 12.4. The minimum absolute atomic E-state index is 0.358. The number of hydrazone groups is 1. The molecule has 0 saturated carbocycles. The molecule has 0 aliphatic heterocycles. The number of nitrogens with one attached hydrogen (secondary N) is 1. The summed E-state index contributed by atoms with van der Waals surface area (Å²) in [6.45, 7) is 7.13. The molecule has 156 valence electrons. The first-order valence-electron chi connectivity index (χ1n) is 9.27. The number of carbonyl (C=O) groups is 1. The van der Waals surface area contributed by atoms with E-state index in [-0.39, 0.29) is 5.91 Å². The molecule has 8 heteroatoms. The zero-order valence-electron chi connectivity index (χ0n) is 17.0. The average Bonchev–Trinajstić information content (AvgIpc) is 2.70. The molecule has 0 atom stereocenters. The third kappa shape index (κ3) is 6.12. The lowest BCUT2D eigenvalue weighted by molar-refractivity contribution is 0.0954. The monoisotopic (exact) mass is 464 g/mol. The van der Waals surface area contributed by atoms with Gasteiger partial charge in [-0.1, -0.05) is 0 Å².